The molecule has 1 heteroatoms. The summed E-state index contributed by atoms with van der Waals surface area (Å²) in [5.74, 6) is 0. The maximum absolute atomic E-state index is 3.89. The van der Waals surface area contributed by atoms with Gasteiger partial charge in [0, 0.05) is 18.4 Å². The Labute approximate surface area is 75.4 Å². The fraction of sp³-hybridized carbons (Fsp3) is 0.273. The zero-order valence-electron chi connectivity index (χ0n) is 8.17. The van der Waals surface area contributed by atoms with E-state index in [0.717, 1.165) is 11.4 Å². The van der Waals surface area contributed by atoms with Crippen LogP contribution < -0.4 is 0 Å². The van der Waals surface area contributed by atoms with Crippen LogP contribution >= 0.6 is 0 Å². The molecule has 0 spiro atoms. The van der Waals surface area contributed by atoms with Crippen molar-refractivity contribution in [3.63, 3.8) is 0 Å². The largest absolute Gasteiger partial charge is 0.346 e. The summed E-state index contributed by atoms with van der Waals surface area (Å²) >= 11 is 0. The summed E-state index contributed by atoms with van der Waals surface area (Å²) in [6.45, 7) is 11.7. The molecule has 0 saturated heterocycles. The predicted octanol–water partition coefficient (Wildman–Crippen LogP) is 3.10. The summed E-state index contributed by atoms with van der Waals surface area (Å²) in [6, 6.07) is 0. The second-order valence-electron chi connectivity index (χ2n) is 2.54. The smallest absolute Gasteiger partial charge is 0.0331 e. The van der Waals surface area contributed by atoms with Crippen molar-refractivity contribution in [1.82, 2.24) is 4.90 Å². The minimum atomic E-state index is 0.945. The predicted molar refractivity (Wildman–Crippen MR) is 55.7 cm³/mol. The molecule has 0 bridgehead atoms. The lowest BCUT2D eigenvalue weighted by Gasteiger charge is -2.19. The Bertz CT molecular complexity index is 197. The van der Waals surface area contributed by atoms with Crippen molar-refractivity contribution in [1.29, 1.82) is 0 Å². The van der Waals surface area contributed by atoms with E-state index in [4.69, 9.17) is 0 Å². The Kier molecular flexibility index (Phi) is 4.86. The van der Waals surface area contributed by atoms with Crippen molar-refractivity contribution in [3.8, 4) is 0 Å². The maximum atomic E-state index is 3.89. The highest BCUT2D eigenvalue weighted by atomic mass is 15.1. The quantitative estimate of drug-likeness (QED) is 0.576. The fourth-order valence-electron chi connectivity index (χ4n) is 0.793. The molecule has 0 aliphatic rings. The Balaban J connectivity index is 4.28. The summed E-state index contributed by atoms with van der Waals surface area (Å²) in [6.07, 6.45) is 7.83. The van der Waals surface area contributed by atoms with Crippen LogP contribution in [0.5, 0.6) is 0 Å². The van der Waals surface area contributed by atoms with Gasteiger partial charge in [0.15, 0.2) is 0 Å². The number of hydrogen-bond donors (Lipinski definition) is 0. The van der Waals surface area contributed by atoms with E-state index >= 15 is 0 Å². The second kappa shape index (κ2) is 5.42. The Morgan fingerprint density at radius 3 is 1.58 bits per heavy atom. The highest BCUT2D eigenvalue weighted by Gasteiger charge is 1.98. The highest BCUT2D eigenvalue weighted by Crippen LogP contribution is 2.08. The standard InChI is InChI=1S/C11H17N/c1-6-8-10(3)12(5)11(4)9-7-2/h6-9H,3-4H2,1-2,5H3/b8-6-,9-7-. The van der Waals surface area contributed by atoms with Gasteiger partial charge >= 0.3 is 0 Å². The molecule has 0 aliphatic carbocycles. The van der Waals surface area contributed by atoms with Crippen LogP contribution in [0.15, 0.2) is 48.9 Å². The molecule has 0 saturated carbocycles. The highest BCUT2D eigenvalue weighted by molar-refractivity contribution is 5.23. The molecule has 0 rings (SSSR count). The van der Waals surface area contributed by atoms with E-state index in [-0.39, 0.29) is 0 Å². The summed E-state index contributed by atoms with van der Waals surface area (Å²) < 4.78 is 0. The lowest BCUT2D eigenvalue weighted by atomic mass is 10.3. The topological polar surface area (TPSA) is 3.24 Å². The maximum Gasteiger partial charge on any atom is 0.0331 e. The van der Waals surface area contributed by atoms with Crippen molar-refractivity contribution in [2.45, 2.75) is 13.8 Å². The molecular weight excluding hydrogens is 146 g/mol. The molecule has 0 aliphatic heterocycles. The molecule has 0 aromatic heterocycles. The zero-order chi connectivity index (χ0) is 9.56. The van der Waals surface area contributed by atoms with Crippen LogP contribution in [0.3, 0.4) is 0 Å². The molecule has 0 heterocycles. The summed E-state index contributed by atoms with van der Waals surface area (Å²) in [7, 11) is 1.95. The van der Waals surface area contributed by atoms with E-state index in [1.54, 1.807) is 0 Å². The van der Waals surface area contributed by atoms with E-state index in [1.165, 1.54) is 0 Å². The normalized spacial score (nSPS) is 10.9. The number of nitrogens with zero attached hydrogens (tertiary/aromatic N) is 1. The van der Waals surface area contributed by atoms with Crippen LogP contribution in [0.1, 0.15) is 13.8 Å². The zero-order valence-corrected chi connectivity index (χ0v) is 8.17. The Morgan fingerprint density at radius 2 is 1.33 bits per heavy atom. The first-order chi connectivity index (χ1) is 5.63. The van der Waals surface area contributed by atoms with Gasteiger partial charge in [-0.15, -0.1) is 0 Å². The number of rotatable bonds is 4. The van der Waals surface area contributed by atoms with Crippen LogP contribution in [0.25, 0.3) is 0 Å². The molecule has 0 aromatic rings. The van der Waals surface area contributed by atoms with Crippen LogP contribution in [0.4, 0.5) is 0 Å². The molecule has 0 radical (unpaired) electrons. The molecule has 0 unspecified atom stereocenters. The van der Waals surface area contributed by atoms with Gasteiger partial charge in [0.1, 0.15) is 0 Å². The van der Waals surface area contributed by atoms with Gasteiger partial charge in [0.25, 0.3) is 0 Å². The molecular formula is C11H17N. The third kappa shape index (κ3) is 3.24. The first-order valence-electron chi connectivity index (χ1n) is 4.00. The monoisotopic (exact) mass is 163 g/mol. The van der Waals surface area contributed by atoms with Crippen molar-refractivity contribution in [2.24, 2.45) is 0 Å². The number of allylic oxidation sites excluding steroid dienone is 4. The summed E-state index contributed by atoms with van der Waals surface area (Å²) in [5.41, 5.74) is 1.89. The molecule has 0 aromatic carbocycles. The molecule has 0 amide bonds. The van der Waals surface area contributed by atoms with Gasteiger partial charge in [-0.05, 0) is 26.0 Å². The average molecular weight is 163 g/mol. The minimum Gasteiger partial charge on any atom is -0.346 e. The fourth-order valence-corrected chi connectivity index (χ4v) is 0.793. The van der Waals surface area contributed by atoms with Gasteiger partial charge < -0.3 is 4.90 Å². The van der Waals surface area contributed by atoms with Gasteiger partial charge in [-0.3, -0.25) is 0 Å². The lowest BCUT2D eigenvalue weighted by Crippen LogP contribution is -2.12. The molecule has 1 nitrogen and oxygen atoms in total. The first-order valence-corrected chi connectivity index (χ1v) is 4.00. The first kappa shape index (κ1) is 10.8. The number of likely N-dealkylation sites (N-methyl/N-ethyl adjacent to an activating group) is 1. The van der Waals surface area contributed by atoms with E-state index in [2.05, 4.69) is 13.2 Å². The molecule has 66 valence electrons. The Hall–Kier alpha value is -1.24. The lowest BCUT2D eigenvalue weighted by molar-refractivity contribution is 0.559. The van der Waals surface area contributed by atoms with E-state index in [9.17, 15) is 0 Å². The van der Waals surface area contributed by atoms with Crippen LogP contribution in [-0.4, -0.2) is 11.9 Å². The van der Waals surface area contributed by atoms with Crippen LogP contribution in [0.2, 0.25) is 0 Å². The van der Waals surface area contributed by atoms with Crippen molar-refractivity contribution >= 4 is 0 Å². The third-order valence-corrected chi connectivity index (χ3v) is 1.58. The van der Waals surface area contributed by atoms with Crippen molar-refractivity contribution in [3.05, 3.63) is 48.9 Å². The molecule has 0 N–H and O–H groups in total. The second-order valence-corrected chi connectivity index (χ2v) is 2.54. The van der Waals surface area contributed by atoms with Crippen LogP contribution in [0, 0.1) is 0 Å². The average Bonchev–Trinajstić information content (AvgIpc) is 2.04. The number of hydrogen-bond acceptors (Lipinski definition) is 1. The third-order valence-electron chi connectivity index (χ3n) is 1.58. The van der Waals surface area contributed by atoms with Gasteiger partial charge in [0.2, 0.25) is 0 Å². The van der Waals surface area contributed by atoms with Gasteiger partial charge in [-0.25, -0.2) is 0 Å². The molecule has 0 atom stereocenters. The SMILES string of the molecule is C=C(/C=C\C)N(C)C(=C)/C=C\C. The minimum absolute atomic E-state index is 0.945. The van der Waals surface area contributed by atoms with Gasteiger partial charge in [-0.1, -0.05) is 25.3 Å². The molecule has 12 heavy (non-hydrogen) atoms. The molecule has 0 fully saturated rings. The van der Waals surface area contributed by atoms with Crippen molar-refractivity contribution in [2.75, 3.05) is 7.05 Å². The van der Waals surface area contributed by atoms with E-state index < -0.39 is 0 Å². The summed E-state index contributed by atoms with van der Waals surface area (Å²) in [5, 5.41) is 0. The van der Waals surface area contributed by atoms with Crippen molar-refractivity contribution < 1.29 is 0 Å². The van der Waals surface area contributed by atoms with E-state index in [0.29, 0.717) is 0 Å². The Morgan fingerprint density at radius 1 is 1.00 bits per heavy atom. The van der Waals surface area contributed by atoms with Gasteiger partial charge in [-0.2, -0.15) is 0 Å². The van der Waals surface area contributed by atoms with Gasteiger partial charge in [0.05, 0.1) is 0 Å². The van der Waals surface area contributed by atoms with E-state index in [1.807, 2.05) is 50.1 Å². The summed E-state index contributed by atoms with van der Waals surface area (Å²) in [4.78, 5) is 1.94. The van der Waals surface area contributed by atoms with Crippen LogP contribution in [-0.2, 0) is 0 Å².